The molecule has 0 saturated carbocycles. The molecular formula is C20H19BrN2O3S. The number of aromatic nitrogens is 1. The topological polar surface area (TPSA) is 62.7 Å². The molecule has 3 aromatic rings. The van der Waals surface area contributed by atoms with Gasteiger partial charge in [-0.1, -0.05) is 34.1 Å². The summed E-state index contributed by atoms with van der Waals surface area (Å²) in [5.41, 5.74) is 1.07. The molecule has 140 valence electrons. The van der Waals surface area contributed by atoms with E-state index in [1.807, 2.05) is 53.6 Å². The van der Waals surface area contributed by atoms with Gasteiger partial charge in [-0.05, 0) is 42.6 Å². The third-order valence-corrected chi connectivity index (χ3v) is 5.35. The third kappa shape index (κ3) is 4.74. The van der Waals surface area contributed by atoms with Crippen molar-refractivity contribution >= 4 is 39.1 Å². The molecular weight excluding hydrogens is 428 g/mol. The molecule has 1 unspecified atom stereocenters. The highest BCUT2D eigenvalue weighted by Crippen LogP contribution is 2.31. The van der Waals surface area contributed by atoms with Crippen LogP contribution in [0.25, 0.3) is 0 Å². The van der Waals surface area contributed by atoms with Crippen molar-refractivity contribution in [3.8, 4) is 0 Å². The molecule has 2 heterocycles. The lowest BCUT2D eigenvalue weighted by molar-refractivity contribution is 0.0385. The minimum Gasteiger partial charge on any atom is -0.478 e. The van der Waals surface area contributed by atoms with Gasteiger partial charge in [-0.15, -0.1) is 11.3 Å². The Morgan fingerprint density at radius 3 is 2.81 bits per heavy atom. The molecule has 0 aliphatic carbocycles. The minimum atomic E-state index is -1.01. The van der Waals surface area contributed by atoms with Crippen molar-refractivity contribution in [1.82, 2.24) is 4.98 Å². The maximum Gasteiger partial charge on any atom is 0.339 e. The van der Waals surface area contributed by atoms with Crippen LogP contribution in [0.4, 0.5) is 5.82 Å². The first-order chi connectivity index (χ1) is 13.1. The molecule has 0 bridgehead atoms. The second kappa shape index (κ2) is 9.12. The summed E-state index contributed by atoms with van der Waals surface area (Å²) in [7, 11) is 0. The van der Waals surface area contributed by atoms with Crippen LogP contribution in [0.1, 0.15) is 34.0 Å². The first kappa shape index (κ1) is 19.5. The average Bonchev–Trinajstić information content (AvgIpc) is 3.18. The Hall–Kier alpha value is -2.22. The minimum absolute atomic E-state index is 0.152. The van der Waals surface area contributed by atoms with Crippen molar-refractivity contribution in [2.75, 3.05) is 11.4 Å². The van der Waals surface area contributed by atoms with Crippen LogP contribution in [-0.4, -0.2) is 22.6 Å². The number of ether oxygens (including phenoxy) is 1. The van der Waals surface area contributed by atoms with Gasteiger partial charge in [-0.25, -0.2) is 9.78 Å². The van der Waals surface area contributed by atoms with Crippen molar-refractivity contribution in [3.63, 3.8) is 0 Å². The number of carbonyl (C=O) groups is 1. The van der Waals surface area contributed by atoms with Gasteiger partial charge in [-0.3, -0.25) is 0 Å². The lowest BCUT2D eigenvalue weighted by Gasteiger charge is -2.32. The van der Waals surface area contributed by atoms with E-state index in [0.717, 1.165) is 14.9 Å². The second-order valence-electron chi connectivity index (χ2n) is 5.76. The summed E-state index contributed by atoms with van der Waals surface area (Å²) in [5.74, 6) is -0.619. The van der Waals surface area contributed by atoms with E-state index < -0.39 is 12.2 Å². The molecule has 0 saturated heterocycles. The summed E-state index contributed by atoms with van der Waals surface area (Å²) in [4.78, 5) is 19.0. The van der Waals surface area contributed by atoms with Crippen LogP contribution in [0.5, 0.6) is 0 Å². The summed E-state index contributed by atoms with van der Waals surface area (Å²) in [6.45, 7) is 2.93. The first-order valence-corrected chi connectivity index (χ1v) is 10.1. The Kier molecular flexibility index (Phi) is 6.60. The molecule has 0 radical (unpaired) electrons. The van der Waals surface area contributed by atoms with E-state index >= 15 is 0 Å². The largest absolute Gasteiger partial charge is 0.478 e. The number of nitrogens with zero attached hydrogens (tertiary/aromatic N) is 2. The summed E-state index contributed by atoms with van der Waals surface area (Å²) in [6, 6.07) is 15.0. The highest BCUT2D eigenvalue weighted by Gasteiger charge is 2.26. The van der Waals surface area contributed by atoms with E-state index in [-0.39, 0.29) is 5.56 Å². The summed E-state index contributed by atoms with van der Waals surface area (Å²) < 4.78 is 7.18. The van der Waals surface area contributed by atoms with Crippen LogP contribution in [0.15, 0.2) is 64.6 Å². The Morgan fingerprint density at radius 1 is 1.30 bits per heavy atom. The van der Waals surface area contributed by atoms with Gasteiger partial charge in [0.15, 0.2) is 6.23 Å². The number of thiophene rings is 1. The third-order valence-electron chi connectivity index (χ3n) is 4.01. The quantitative estimate of drug-likeness (QED) is 0.472. The molecule has 5 nitrogen and oxygen atoms in total. The predicted molar refractivity (Wildman–Crippen MR) is 110 cm³/mol. The standard InChI is InChI=1S/C20H19BrN2O3S/c1-2-23(18-17(20(24)25)9-4-10-22-18)19(14-6-3-7-15(21)12-14)26-13-16-8-5-11-27-16/h3-12,19H,2,13H2,1H3,(H,24,25). The SMILES string of the molecule is CCN(c1ncccc1C(=O)O)C(OCc1cccs1)c1cccc(Br)c1. The van der Waals surface area contributed by atoms with E-state index in [0.29, 0.717) is 19.0 Å². The van der Waals surface area contributed by atoms with Gasteiger partial charge in [0.25, 0.3) is 0 Å². The Morgan fingerprint density at radius 2 is 2.15 bits per heavy atom. The number of hydrogen-bond acceptors (Lipinski definition) is 5. The van der Waals surface area contributed by atoms with Crippen LogP contribution < -0.4 is 4.90 Å². The second-order valence-corrected chi connectivity index (χ2v) is 7.71. The predicted octanol–water partition coefficient (Wildman–Crippen LogP) is 5.35. The van der Waals surface area contributed by atoms with Crippen LogP contribution in [-0.2, 0) is 11.3 Å². The summed E-state index contributed by atoms with van der Waals surface area (Å²) in [5, 5.41) is 11.6. The fourth-order valence-corrected chi connectivity index (χ4v) is 3.84. The number of anilines is 1. The van der Waals surface area contributed by atoms with Gasteiger partial charge in [0.1, 0.15) is 11.4 Å². The number of carboxylic acids is 1. The van der Waals surface area contributed by atoms with E-state index in [9.17, 15) is 9.90 Å². The van der Waals surface area contributed by atoms with Crippen LogP contribution in [0.3, 0.4) is 0 Å². The molecule has 0 amide bonds. The zero-order valence-electron chi connectivity index (χ0n) is 14.7. The maximum absolute atomic E-state index is 11.7. The van der Waals surface area contributed by atoms with Crippen molar-refractivity contribution in [2.45, 2.75) is 19.8 Å². The van der Waals surface area contributed by atoms with E-state index in [4.69, 9.17) is 4.74 Å². The Balaban J connectivity index is 2.00. The van der Waals surface area contributed by atoms with Gasteiger partial charge in [-0.2, -0.15) is 0 Å². The molecule has 1 aromatic carbocycles. The van der Waals surface area contributed by atoms with Crippen molar-refractivity contribution in [1.29, 1.82) is 0 Å². The Labute approximate surface area is 170 Å². The van der Waals surface area contributed by atoms with Crippen LogP contribution in [0, 0.1) is 0 Å². The van der Waals surface area contributed by atoms with Crippen LogP contribution in [0.2, 0.25) is 0 Å². The molecule has 3 rings (SSSR count). The average molecular weight is 447 g/mol. The zero-order chi connectivity index (χ0) is 19.2. The number of halogens is 1. The van der Waals surface area contributed by atoms with Crippen molar-refractivity contribution in [3.05, 3.63) is 80.6 Å². The van der Waals surface area contributed by atoms with Crippen molar-refractivity contribution in [2.24, 2.45) is 0 Å². The van der Waals surface area contributed by atoms with Crippen molar-refractivity contribution < 1.29 is 14.6 Å². The molecule has 0 fully saturated rings. The van der Waals surface area contributed by atoms with Crippen LogP contribution >= 0.6 is 27.3 Å². The summed E-state index contributed by atoms with van der Waals surface area (Å²) in [6.07, 6.45) is 1.13. The maximum atomic E-state index is 11.7. The lowest BCUT2D eigenvalue weighted by atomic mass is 10.1. The molecule has 7 heteroatoms. The lowest BCUT2D eigenvalue weighted by Crippen LogP contribution is -2.32. The van der Waals surface area contributed by atoms with E-state index in [1.165, 1.54) is 0 Å². The summed E-state index contributed by atoms with van der Waals surface area (Å²) >= 11 is 5.13. The number of rotatable bonds is 8. The van der Waals surface area contributed by atoms with E-state index in [1.54, 1.807) is 29.7 Å². The highest BCUT2D eigenvalue weighted by molar-refractivity contribution is 9.10. The molecule has 0 spiro atoms. The monoisotopic (exact) mass is 446 g/mol. The van der Waals surface area contributed by atoms with Gasteiger partial charge in [0, 0.05) is 27.7 Å². The zero-order valence-corrected chi connectivity index (χ0v) is 17.1. The molecule has 2 aromatic heterocycles. The van der Waals surface area contributed by atoms with Gasteiger partial charge >= 0.3 is 5.97 Å². The molecule has 0 aliphatic rings. The number of benzene rings is 1. The van der Waals surface area contributed by atoms with E-state index in [2.05, 4.69) is 20.9 Å². The molecule has 1 atom stereocenters. The number of pyridine rings is 1. The molecule has 1 N–H and O–H groups in total. The molecule has 27 heavy (non-hydrogen) atoms. The fourth-order valence-electron chi connectivity index (χ4n) is 2.80. The smallest absolute Gasteiger partial charge is 0.339 e. The number of aromatic carboxylic acids is 1. The van der Waals surface area contributed by atoms with Gasteiger partial charge in [0.05, 0.1) is 6.61 Å². The Bertz CT molecular complexity index is 902. The number of carboxylic acid groups (broad SMARTS) is 1. The first-order valence-electron chi connectivity index (χ1n) is 8.44. The number of hydrogen-bond donors (Lipinski definition) is 1. The van der Waals surface area contributed by atoms with Gasteiger partial charge < -0.3 is 14.7 Å². The van der Waals surface area contributed by atoms with Gasteiger partial charge in [0.2, 0.25) is 0 Å². The highest BCUT2D eigenvalue weighted by atomic mass is 79.9. The normalized spacial score (nSPS) is 11.9. The fraction of sp³-hybridized carbons (Fsp3) is 0.200. The molecule has 0 aliphatic heterocycles.